The van der Waals surface area contributed by atoms with Gasteiger partial charge >= 0.3 is 6.18 Å². The molecule has 30 heavy (non-hydrogen) atoms. The van der Waals surface area contributed by atoms with Crippen LogP contribution < -0.4 is 4.90 Å². The summed E-state index contributed by atoms with van der Waals surface area (Å²) in [7, 11) is 1.76. The van der Waals surface area contributed by atoms with Gasteiger partial charge in [-0.1, -0.05) is 0 Å². The van der Waals surface area contributed by atoms with E-state index in [-0.39, 0.29) is 17.5 Å². The van der Waals surface area contributed by atoms with Gasteiger partial charge in [0.15, 0.2) is 0 Å². The molecule has 0 saturated carbocycles. The number of nitro benzene ring substituents is 1. The van der Waals surface area contributed by atoms with Crippen molar-refractivity contribution in [3.05, 3.63) is 55.8 Å². The lowest BCUT2D eigenvalue weighted by Gasteiger charge is -2.34. The van der Waals surface area contributed by atoms with Gasteiger partial charge in [-0.25, -0.2) is 0 Å². The Bertz CT molecular complexity index is 937. The number of nitrogens with zero attached hydrogens (tertiary/aromatic N) is 3. The first kappa shape index (κ1) is 22.1. The van der Waals surface area contributed by atoms with E-state index in [4.69, 9.17) is 0 Å². The maximum Gasteiger partial charge on any atom is 0.416 e. The molecule has 3 rings (SSSR count). The van der Waals surface area contributed by atoms with Crippen molar-refractivity contribution >= 4 is 28.6 Å². The van der Waals surface area contributed by atoms with Crippen LogP contribution in [0.5, 0.6) is 0 Å². The lowest BCUT2D eigenvalue weighted by Crippen LogP contribution is -2.41. The largest absolute Gasteiger partial charge is 0.416 e. The molecule has 0 unspecified atom stereocenters. The molecule has 1 saturated heterocycles. The van der Waals surface area contributed by atoms with Gasteiger partial charge in [0.25, 0.3) is 5.69 Å². The fourth-order valence-corrected chi connectivity index (χ4v) is 4.61. The van der Waals surface area contributed by atoms with E-state index < -0.39 is 22.4 Å². The van der Waals surface area contributed by atoms with Crippen LogP contribution in [0.25, 0.3) is 0 Å². The number of carbonyl (C=O) groups is 1. The average molecular weight is 441 g/mol. The van der Waals surface area contributed by atoms with Gasteiger partial charge in [0, 0.05) is 37.0 Å². The molecule has 0 bridgehead atoms. The Hall–Kier alpha value is -2.62. The zero-order valence-corrected chi connectivity index (χ0v) is 17.4. The molecule has 0 spiro atoms. The van der Waals surface area contributed by atoms with Gasteiger partial charge in [-0.05, 0) is 48.9 Å². The highest BCUT2D eigenvalue weighted by atomic mass is 32.1. The number of rotatable bonds is 5. The van der Waals surface area contributed by atoms with E-state index in [1.807, 2.05) is 18.4 Å². The number of amides is 1. The summed E-state index contributed by atoms with van der Waals surface area (Å²) in [6.45, 7) is 3.27. The number of nitro groups is 1. The summed E-state index contributed by atoms with van der Waals surface area (Å²) in [5.41, 5.74) is -0.320. The van der Waals surface area contributed by atoms with Crippen molar-refractivity contribution in [1.29, 1.82) is 0 Å². The van der Waals surface area contributed by atoms with Crippen molar-refractivity contribution in [2.75, 3.05) is 25.0 Å². The van der Waals surface area contributed by atoms with E-state index in [2.05, 4.69) is 0 Å². The van der Waals surface area contributed by atoms with Crippen LogP contribution in [0.4, 0.5) is 24.5 Å². The molecule has 1 amide bonds. The minimum Gasteiger partial charge on any atom is -0.366 e. The second kappa shape index (κ2) is 8.63. The fraction of sp³-hybridized carbons (Fsp3) is 0.450. The third-order valence-corrected chi connectivity index (χ3v) is 6.42. The Morgan fingerprint density at radius 2 is 1.97 bits per heavy atom. The van der Waals surface area contributed by atoms with Crippen LogP contribution in [0.3, 0.4) is 0 Å². The summed E-state index contributed by atoms with van der Waals surface area (Å²) < 4.78 is 38.7. The van der Waals surface area contributed by atoms with Crippen LogP contribution in [0.2, 0.25) is 0 Å². The van der Waals surface area contributed by atoms with Crippen LogP contribution in [0, 0.1) is 23.0 Å². The normalized spacial score (nSPS) is 15.3. The quantitative estimate of drug-likeness (QED) is 0.491. The first-order valence-electron chi connectivity index (χ1n) is 9.46. The van der Waals surface area contributed by atoms with Crippen LogP contribution in [0.15, 0.2) is 29.6 Å². The number of halogens is 3. The van der Waals surface area contributed by atoms with Crippen molar-refractivity contribution in [2.24, 2.45) is 5.92 Å². The highest BCUT2D eigenvalue weighted by molar-refractivity contribution is 7.10. The number of anilines is 1. The molecular formula is C20H22F3N3O3S. The minimum atomic E-state index is -4.64. The number of alkyl halides is 3. The Kier molecular flexibility index (Phi) is 6.35. The maximum absolute atomic E-state index is 12.9. The molecular weight excluding hydrogens is 419 g/mol. The zero-order valence-electron chi connectivity index (χ0n) is 16.6. The van der Waals surface area contributed by atoms with E-state index in [9.17, 15) is 28.1 Å². The Labute approximate surface area is 176 Å². The minimum absolute atomic E-state index is 0.0179. The molecule has 6 nitrogen and oxygen atoms in total. The first-order chi connectivity index (χ1) is 14.1. The lowest BCUT2D eigenvalue weighted by molar-refractivity contribution is -0.384. The van der Waals surface area contributed by atoms with Gasteiger partial charge in [0.1, 0.15) is 5.69 Å². The Balaban J connectivity index is 1.67. The van der Waals surface area contributed by atoms with Crippen LogP contribution >= 0.6 is 11.3 Å². The number of aryl methyl sites for hydroxylation is 1. The van der Waals surface area contributed by atoms with Crippen LogP contribution in [0.1, 0.15) is 28.8 Å². The molecule has 2 aromatic rings. The molecule has 10 heteroatoms. The summed E-state index contributed by atoms with van der Waals surface area (Å²) in [6.07, 6.45) is -3.66. The second-order valence-corrected chi connectivity index (χ2v) is 8.44. The molecule has 0 atom stereocenters. The molecule has 0 radical (unpaired) electrons. The molecule has 2 heterocycles. The second-order valence-electron chi connectivity index (χ2n) is 7.44. The molecule has 0 aliphatic carbocycles. The number of hydrogen-bond donors (Lipinski definition) is 0. The van der Waals surface area contributed by atoms with Gasteiger partial charge in [0.2, 0.25) is 5.91 Å². The number of piperidine rings is 1. The third-order valence-electron chi connectivity index (χ3n) is 5.41. The average Bonchev–Trinajstić information content (AvgIpc) is 3.10. The number of thiophene rings is 1. The van der Waals surface area contributed by atoms with Crippen LogP contribution in [-0.2, 0) is 17.5 Å². The van der Waals surface area contributed by atoms with Crippen molar-refractivity contribution < 1.29 is 22.9 Å². The SMILES string of the molecule is Cc1ccsc1CN(C)C(=O)C1CCN(c2ccc(C(F)(F)F)cc2[N+](=O)[O-])CC1. The van der Waals surface area contributed by atoms with E-state index in [1.54, 1.807) is 28.2 Å². The first-order valence-corrected chi connectivity index (χ1v) is 10.3. The van der Waals surface area contributed by atoms with Gasteiger partial charge in [-0.15, -0.1) is 11.3 Å². The van der Waals surface area contributed by atoms with E-state index >= 15 is 0 Å². The van der Waals surface area contributed by atoms with Crippen molar-refractivity contribution in [3.63, 3.8) is 0 Å². The summed E-state index contributed by atoms with van der Waals surface area (Å²) in [5.74, 6) is -0.190. The molecule has 1 aromatic heterocycles. The van der Waals surface area contributed by atoms with Crippen molar-refractivity contribution in [1.82, 2.24) is 4.90 Å². The molecule has 0 N–H and O–H groups in total. The topological polar surface area (TPSA) is 66.7 Å². The van der Waals surface area contributed by atoms with Gasteiger partial charge in [-0.3, -0.25) is 14.9 Å². The molecule has 162 valence electrons. The smallest absolute Gasteiger partial charge is 0.366 e. The Morgan fingerprint density at radius 3 is 2.50 bits per heavy atom. The van der Waals surface area contributed by atoms with Crippen molar-refractivity contribution in [2.45, 2.75) is 32.5 Å². The molecule has 1 aromatic carbocycles. The van der Waals surface area contributed by atoms with E-state index in [0.29, 0.717) is 38.5 Å². The predicted molar refractivity (Wildman–Crippen MR) is 109 cm³/mol. The summed E-state index contributed by atoms with van der Waals surface area (Å²) in [5, 5.41) is 13.3. The summed E-state index contributed by atoms with van der Waals surface area (Å²) in [4.78, 5) is 27.8. The summed E-state index contributed by atoms with van der Waals surface area (Å²) >= 11 is 1.60. The third kappa shape index (κ3) is 4.75. The fourth-order valence-electron chi connectivity index (χ4n) is 3.65. The molecule has 1 aliphatic heterocycles. The lowest BCUT2D eigenvalue weighted by atomic mass is 9.94. The number of benzene rings is 1. The molecule has 1 fully saturated rings. The maximum atomic E-state index is 12.9. The van der Waals surface area contributed by atoms with Crippen LogP contribution in [-0.4, -0.2) is 35.9 Å². The van der Waals surface area contributed by atoms with Crippen molar-refractivity contribution in [3.8, 4) is 0 Å². The summed E-state index contributed by atoms with van der Waals surface area (Å²) in [6, 6.07) is 4.59. The monoisotopic (exact) mass is 441 g/mol. The molecule has 1 aliphatic rings. The van der Waals surface area contributed by atoms with E-state index in [1.165, 1.54) is 0 Å². The van der Waals surface area contributed by atoms with Gasteiger partial charge in [-0.2, -0.15) is 13.2 Å². The number of hydrogen-bond acceptors (Lipinski definition) is 5. The Morgan fingerprint density at radius 1 is 1.30 bits per heavy atom. The number of carbonyl (C=O) groups excluding carboxylic acids is 1. The standard InChI is InChI=1S/C20H22F3N3O3S/c1-13-7-10-30-18(13)12-24(2)19(27)14-5-8-25(9-6-14)16-4-3-15(20(21,22)23)11-17(16)26(28)29/h3-4,7,10-11,14H,5-6,8-9,12H2,1-2H3. The highest BCUT2D eigenvalue weighted by Gasteiger charge is 2.35. The highest BCUT2D eigenvalue weighted by Crippen LogP contribution is 2.37. The van der Waals surface area contributed by atoms with Gasteiger partial charge in [0.05, 0.1) is 17.0 Å². The van der Waals surface area contributed by atoms with Gasteiger partial charge < -0.3 is 9.80 Å². The predicted octanol–water partition coefficient (Wildman–Crippen LogP) is 4.86. The van der Waals surface area contributed by atoms with E-state index in [0.717, 1.165) is 22.6 Å². The zero-order chi connectivity index (χ0) is 22.1.